The summed E-state index contributed by atoms with van der Waals surface area (Å²) >= 11 is 0. The molecule has 2 N–H and O–H groups in total. The standard InChI is InChI=1S/C12H20N2O3/c1-9(2)5-6-13-12(17)14-7-3-4-10(8-14)11(15)16/h10H,1,3-8H2,2H3,(H,13,17)(H,15,16). The highest BCUT2D eigenvalue weighted by Crippen LogP contribution is 2.16. The van der Waals surface area contributed by atoms with Gasteiger partial charge in [0.2, 0.25) is 0 Å². The van der Waals surface area contributed by atoms with Crippen LogP contribution < -0.4 is 5.32 Å². The van der Waals surface area contributed by atoms with E-state index in [0.717, 1.165) is 18.4 Å². The van der Waals surface area contributed by atoms with Gasteiger partial charge in [0, 0.05) is 19.6 Å². The van der Waals surface area contributed by atoms with Gasteiger partial charge in [0.05, 0.1) is 5.92 Å². The van der Waals surface area contributed by atoms with Crippen LogP contribution in [0.25, 0.3) is 0 Å². The van der Waals surface area contributed by atoms with Crippen LogP contribution in [0.1, 0.15) is 26.2 Å². The first-order valence-corrected chi connectivity index (χ1v) is 5.90. The van der Waals surface area contributed by atoms with E-state index >= 15 is 0 Å². The monoisotopic (exact) mass is 240 g/mol. The van der Waals surface area contributed by atoms with Crippen molar-refractivity contribution in [1.82, 2.24) is 10.2 Å². The van der Waals surface area contributed by atoms with Gasteiger partial charge in [0.25, 0.3) is 0 Å². The van der Waals surface area contributed by atoms with Crippen molar-refractivity contribution in [3.05, 3.63) is 12.2 Å². The summed E-state index contributed by atoms with van der Waals surface area (Å²) in [7, 11) is 0. The number of likely N-dealkylation sites (tertiary alicyclic amines) is 1. The fourth-order valence-corrected chi connectivity index (χ4v) is 1.86. The minimum absolute atomic E-state index is 0.169. The van der Waals surface area contributed by atoms with Crippen molar-refractivity contribution in [1.29, 1.82) is 0 Å². The average Bonchev–Trinajstić information content (AvgIpc) is 2.28. The molecule has 96 valence electrons. The average molecular weight is 240 g/mol. The van der Waals surface area contributed by atoms with Gasteiger partial charge < -0.3 is 15.3 Å². The Morgan fingerprint density at radius 2 is 2.24 bits per heavy atom. The molecular weight excluding hydrogens is 220 g/mol. The Morgan fingerprint density at radius 1 is 1.53 bits per heavy atom. The van der Waals surface area contributed by atoms with Gasteiger partial charge in [0.1, 0.15) is 0 Å². The summed E-state index contributed by atoms with van der Waals surface area (Å²) in [6.07, 6.45) is 2.16. The summed E-state index contributed by atoms with van der Waals surface area (Å²) in [4.78, 5) is 24.2. The van der Waals surface area contributed by atoms with Crippen LogP contribution in [0.5, 0.6) is 0 Å². The third-order valence-corrected chi connectivity index (χ3v) is 2.89. The molecule has 1 atom stereocenters. The molecule has 2 amide bonds. The largest absolute Gasteiger partial charge is 0.481 e. The number of carboxylic acid groups (broad SMARTS) is 1. The molecule has 1 heterocycles. The van der Waals surface area contributed by atoms with Crippen molar-refractivity contribution in [2.75, 3.05) is 19.6 Å². The highest BCUT2D eigenvalue weighted by atomic mass is 16.4. The summed E-state index contributed by atoms with van der Waals surface area (Å²) in [5, 5.41) is 11.7. The molecule has 17 heavy (non-hydrogen) atoms. The summed E-state index contributed by atoms with van der Waals surface area (Å²) in [6, 6.07) is -0.169. The maximum Gasteiger partial charge on any atom is 0.317 e. The van der Waals surface area contributed by atoms with Crippen molar-refractivity contribution in [2.24, 2.45) is 5.92 Å². The zero-order chi connectivity index (χ0) is 12.8. The number of nitrogens with zero attached hydrogens (tertiary/aromatic N) is 1. The molecule has 0 saturated carbocycles. The number of urea groups is 1. The highest BCUT2D eigenvalue weighted by Gasteiger charge is 2.27. The molecule has 5 nitrogen and oxygen atoms in total. The zero-order valence-electron chi connectivity index (χ0n) is 10.2. The molecule has 1 unspecified atom stereocenters. The molecule has 5 heteroatoms. The lowest BCUT2D eigenvalue weighted by atomic mass is 9.99. The SMILES string of the molecule is C=C(C)CCNC(=O)N1CCCC(C(=O)O)C1. The number of carbonyl (C=O) groups is 2. The summed E-state index contributed by atoms with van der Waals surface area (Å²) in [6.45, 7) is 7.18. The Hall–Kier alpha value is -1.52. The van der Waals surface area contributed by atoms with Gasteiger partial charge in [0.15, 0.2) is 0 Å². The van der Waals surface area contributed by atoms with Crippen molar-refractivity contribution in [3.8, 4) is 0 Å². The lowest BCUT2D eigenvalue weighted by Gasteiger charge is -2.30. The molecular formula is C12H20N2O3. The maximum atomic E-state index is 11.7. The van der Waals surface area contributed by atoms with Crippen LogP contribution in [0.4, 0.5) is 4.79 Å². The zero-order valence-corrected chi connectivity index (χ0v) is 10.2. The van der Waals surface area contributed by atoms with Crippen molar-refractivity contribution >= 4 is 12.0 Å². The predicted molar refractivity (Wildman–Crippen MR) is 64.8 cm³/mol. The number of hydrogen-bond acceptors (Lipinski definition) is 2. The third kappa shape index (κ3) is 4.46. The molecule has 0 spiro atoms. The van der Waals surface area contributed by atoms with E-state index in [2.05, 4.69) is 11.9 Å². The van der Waals surface area contributed by atoms with Crippen LogP contribution in [0, 0.1) is 5.92 Å². The highest BCUT2D eigenvalue weighted by molar-refractivity contribution is 5.76. The fraction of sp³-hybridized carbons (Fsp3) is 0.667. The van der Waals surface area contributed by atoms with E-state index in [1.165, 1.54) is 0 Å². The summed E-state index contributed by atoms with van der Waals surface area (Å²) < 4.78 is 0. The second kappa shape index (κ2) is 6.27. The van der Waals surface area contributed by atoms with Crippen molar-refractivity contribution in [3.63, 3.8) is 0 Å². The Kier molecular flexibility index (Phi) is 5.00. The quantitative estimate of drug-likeness (QED) is 0.731. The predicted octanol–water partition coefficient (Wildman–Crippen LogP) is 1.46. The minimum atomic E-state index is -0.815. The second-order valence-electron chi connectivity index (χ2n) is 4.56. The number of piperidine rings is 1. The van der Waals surface area contributed by atoms with Gasteiger partial charge in [-0.2, -0.15) is 0 Å². The number of aliphatic carboxylic acids is 1. The maximum absolute atomic E-state index is 11.7. The fourth-order valence-electron chi connectivity index (χ4n) is 1.86. The molecule has 1 fully saturated rings. The Balaban J connectivity index is 2.35. The Morgan fingerprint density at radius 3 is 2.82 bits per heavy atom. The third-order valence-electron chi connectivity index (χ3n) is 2.89. The molecule has 1 rings (SSSR count). The van der Waals surface area contributed by atoms with Gasteiger partial charge in [-0.25, -0.2) is 4.79 Å². The van der Waals surface area contributed by atoms with E-state index in [0.29, 0.717) is 26.1 Å². The Labute approximate surface area is 101 Å². The van der Waals surface area contributed by atoms with Crippen LogP contribution in [-0.4, -0.2) is 41.6 Å². The van der Waals surface area contributed by atoms with Crippen LogP contribution >= 0.6 is 0 Å². The molecule has 0 aromatic heterocycles. The second-order valence-corrected chi connectivity index (χ2v) is 4.56. The first-order chi connectivity index (χ1) is 8.00. The van der Waals surface area contributed by atoms with E-state index in [-0.39, 0.29) is 6.03 Å². The molecule has 0 aromatic carbocycles. The Bertz CT molecular complexity index is 315. The first-order valence-electron chi connectivity index (χ1n) is 5.90. The molecule has 0 aromatic rings. The lowest BCUT2D eigenvalue weighted by molar-refractivity contribution is -0.143. The molecule has 0 radical (unpaired) electrons. The minimum Gasteiger partial charge on any atom is -0.481 e. The molecule has 1 saturated heterocycles. The van der Waals surface area contributed by atoms with E-state index in [1.54, 1.807) is 4.90 Å². The number of nitrogens with one attached hydrogen (secondary N) is 1. The van der Waals surface area contributed by atoms with Crippen LogP contribution in [-0.2, 0) is 4.79 Å². The number of carbonyl (C=O) groups excluding carboxylic acids is 1. The van der Waals surface area contributed by atoms with Gasteiger partial charge in [-0.3, -0.25) is 4.79 Å². The van der Waals surface area contributed by atoms with Gasteiger partial charge >= 0.3 is 12.0 Å². The summed E-state index contributed by atoms with van der Waals surface area (Å²) in [5.41, 5.74) is 1.02. The molecule has 0 aliphatic carbocycles. The van der Waals surface area contributed by atoms with E-state index < -0.39 is 11.9 Å². The van der Waals surface area contributed by atoms with Gasteiger partial charge in [-0.1, -0.05) is 5.57 Å². The molecule has 1 aliphatic heterocycles. The van der Waals surface area contributed by atoms with E-state index in [9.17, 15) is 9.59 Å². The summed E-state index contributed by atoms with van der Waals surface area (Å²) in [5.74, 6) is -1.24. The van der Waals surface area contributed by atoms with Crippen molar-refractivity contribution < 1.29 is 14.7 Å². The normalized spacial score (nSPS) is 19.8. The van der Waals surface area contributed by atoms with Crippen LogP contribution in [0.3, 0.4) is 0 Å². The lowest BCUT2D eigenvalue weighted by Crippen LogP contribution is -2.47. The number of carboxylic acids is 1. The van der Waals surface area contributed by atoms with Gasteiger partial charge in [-0.05, 0) is 26.2 Å². The van der Waals surface area contributed by atoms with Crippen LogP contribution in [0.2, 0.25) is 0 Å². The number of hydrogen-bond donors (Lipinski definition) is 2. The van der Waals surface area contributed by atoms with Crippen LogP contribution in [0.15, 0.2) is 12.2 Å². The smallest absolute Gasteiger partial charge is 0.317 e. The number of amides is 2. The van der Waals surface area contributed by atoms with Crippen molar-refractivity contribution in [2.45, 2.75) is 26.2 Å². The number of rotatable bonds is 4. The van der Waals surface area contributed by atoms with E-state index in [4.69, 9.17) is 5.11 Å². The van der Waals surface area contributed by atoms with Gasteiger partial charge in [-0.15, -0.1) is 6.58 Å². The first kappa shape index (κ1) is 13.5. The topological polar surface area (TPSA) is 69.6 Å². The molecule has 1 aliphatic rings. The molecule has 0 bridgehead atoms. The van der Waals surface area contributed by atoms with E-state index in [1.807, 2.05) is 6.92 Å².